The zero-order valence-corrected chi connectivity index (χ0v) is 15.6. The molecule has 0 bridgehead atoms. The monoisotopic (exact) mass is 366 g/mol. The fourth-order valence-electron chi connectivity index (χ4n) is 2.97. The molecule has 3 heterocycles. The average molecular weight is 366 g/mol. The van der Waals surface area contributed by atoms with Crippen LogP contribution in [0.15, 0.2) is 35.0 Å². The largest absolute Gasteiger partial charge is 0.332 e. The van der Waals surface area contributed by atoms with Gasteiger partial charge in [0.1, 0.15) is 11.5 Å². The summed E-state index contributed by atoms with van der Waals surface area (Å²) >= 11 is 0. The summed E-state index contributed by atoms with van der Waals surface area (Å²) in [5.41, 5.74) is 4.47. The molecule has 0 unspecified atom stereocenters. The van der Waals surface area contributed by atoms with E-state index in [0.29, 0.717) is 35.1 Å². The predicted octanol–water partition coefficient (Wildman–Crippen LogP) is 3.26. The first-order valence-electron chi connectivity index (χ1n) is 8.52. The van der Waals surface area contributed by atoms with E-state index in [1.165, 1.54) is 6.07 Å². The molecule has 0 aliphatic carbocycles. The van der Waals surface area contributed by atoms with Crippen LogP contribution in [-0.2, 0) is 6.54 Å². The maximum Gasteiger partial charge on any atom is 0.278 e. The molecule has 1 aromatic carbocycles. The molecule has 0 amide bonds. The van der Waals surface area contributed by atoms with Crippen LogP contribution in [0.1, 0.15) is 16.8 Å². The van der Waals surface area contributed by atoms with Crippen LogP contribution in [0.3, 0.4) is 0 Å². The second-order valence-electron chi connectivity index (χ2n) is 6.83. The number of hydrogen-bond acceptors (Lipinski definition) is 6. The molecule has 0 saturated heterocycles. The van der Waals surface area contributed by atoms with Crippen LogP contribution in [0.25, 0.3) is 28.6 Å². The number of benzene rings is 1. The molecule has 4 rings (SSSR count). The van der Waals surface area contributed by atoms with Gasteiger partial charge in [0.2, 0.25) is 5.82 Å². The van der Waals surface area contributed by atoms with Crippen LogP contribution in [0.2, 0.25) is 0 Å². The van der Waals surface area contributed by atoms with Gasteiger partial charge in [0.25, 0.3) is 5.89 Å². The lowest BCUT2D eigenvalue weighted by molar-refractivity contribution is 0.392. The zero-order valence-electron chi connectivity index (χ0n) is 15.6. The van der Waals surface area contributed by atoms with Gasteiger partial charge in [0, 0.05) is 17.7 Å². The molecule has 0 aliphatic rings. The molecule has 138 valence electrons. The van der Waals surface area contributed by atoms with Gasteiger partial charge in [0.15, 0.2) is 5.65 Å². The van der Waals surface area contributed by atoms with E-state index >= 15 is 0 Å². The van der Waals surface area contributed by atoms with Crippen LogP contribution < -0.4 is 0 Å². The van der Waals surface area contributed by atoms with E-state index in [1.54, 1.807) is 16.6 Å². The van der Waals surface area contributed by atoms with Crippen LogP contribution in [0.4, 0.5) is 4.39 Å². The lowest BCUT2D eigenvalue weighted by Crippen LogP contribution is -2.12. The molecule has 8 heteroatoms. The topological polar surface area (TPSA) is 72.3 Å². The molecule has 3 aromatic heterocycles. The third kappa shape index (κ3) is 3.31. The Labute approximate surface area is 155 Å². The van der Waals surface area contributed by atoms with Gasteiger partial charge >= 0.3 is 0 Å². The maximum absolute atomic E-state index is 14.0. The van der Waals surface area contributed by atoms with Crippen LogP contribution in [-0.4, -0.2) is 43.7 Å². The molecule has 0 saturated carbocycles. The molecule has 4 aromatic rings. The van der Waals surface area contributed by atoms with E-state index in [1.807, 2.05) is 45.1 Å². The Kier molecular flexibility index (Phi) is 4.19. The highest BCUT2D eigenvalue weighted by atomic mass is 19.1. The second-order valence-corrected chi connectivity index (χ2v) is 6.83. The number of aryl methyl sites for hydroxylation is 2. The number of imidazole rings is 1. The highest BCUT2D eigenvalue weighted by Crippen LogP contribution is 2.24. The minimum Gasteiger partial charge on any atom is -0.332 e. The van der Waals surface area contributed by atoms with Crippen molar-refractivity contribution in [1.82, 2.24) is 29.6 Å². The molecule has 0 radical (unpaired) electrons. The predicted molar refractivity (Wildman–Crippen MR) is 98.5 cm³/mol. The number of rotatable bonds is 4. The summed E-state index contributed by atoms with van der Waals surface area (Å²) in [6.45, 7) is 4.36. The SMILES string of the molecule is Cc1cn2nc(-c3nc(-c4ccc(F)c(CN(C)C)c4)no3)cc(C)c2n1. The molecule has 0 fully saturated rings. The van der Waals surface area contributed by atoms with Crippen molar-refractivity contribution in [2.75, 3.05) is 14.1 Å². The standard InChI is InChI=1S/C19H19FN6O/c1-11-7-16(23-26-9-12(2)21-18(11)26)19-22-17(24-27-19)13-5-6-15(20)14(8-13)10-25(3)4/h5-9H,10H2,1-4H3. The van der Waals surface area contributed by atoms with Gasteiger partial charge in [-0.1, -0.05) is 5.16 Å². The van der Waals surface area contributed by atoms with Crippen molar-refractivity contribution in [3.05, 3.63) is 53.1 Å². The van der Waals surface area contributed by atoms with Crippen LogP contribution in [0.5, 0.6) is 0 Å². The summed E-state index contributed by atoms with van der Waals surface area (Å²) in [4.78, 5) is 10.8. The van der Waals surface area contributed by atoms with Gasteiger partial charge in [0.05, 0.1) is 11.9 Å². The van der Waals surface area contributed by atoms with Gasteiger partial charge < -0.3 is 9.42 Å². The second kappa shape index (κ2) is 6.55. The Morgan fingerprint density at radius 1 is 1.15 bits per heavy atom. The molecular weight excluding hydrogens is 347 g/mol. The molecule has 27 heavy (non-hydrogen) atoms. The summed E-state index contributed by atoms with van der Waals surface area (Å²) in [6, 6.07) is 6.67. The van der Waals surface area contributed by atoms with E-state index in [-0.39, 0.29) is 5.82 Å². The van der Waals surface area contributed by atoms with Crippen molar-refractivity contribution in [3.8, 4) is 23.0 Å². The Morgan fingerprint density at radius 2 is 1.96 bits per heavy atom. The Balaban J connectivity index is 1.72. The molecule has 0 aliphatic heterocycles. The first kappa shape index (κ1) is 17.3. The molecule has 0 N–H and O–H groups in total. The number of fused-ring (bicyclic) bond motifs is 1. The first-order valence-corrected chi connectivity index (χ1v) is 8.52. The molecular formula is C19H19FN6O. The molecule has 0 atom stereocenters. The van der Waals surface area contributed by atoms with Crippen molar-refractivity contribution < 1.29 is 8.91 Å². The van der Waals surface area contributed by atoms with Crippen molar-refractivity contribution in [1.29, 1.82) is 0 Å². The average Bonchev–Trinajstić information content (AvgIpc) is 3.23. The van der Waals surface area contributed by atoms with Crippen molar-refractivity contribution in [2.24, 2.45) is 0 Å². The van der Waals surface area contributed by atoms with Crippen molar-refractivity contribution in [2.45, 2.75) is 20.4 Å². The minimum atomic E-state index is -0.255. The van der Waals surface area contributed by atoms with Crippen LogP contribution >= 0.6 is 0 Å². The molecule has 0 spiro atoms. The van der Waals surface area contributed by atoms with Gasteiger partial charge in [-0.2, -0.15) is 10.1 Å². The lowest BCUT2D eigenvalue weighted by atomic mass is 10.1. The smallest absolute Gasteiger partial charge is 0.278 e. The summed E-state index contributed by atoms with van der Waals surface area (Å²) in [6.07, 6.45) is 1.84. The third-order valence-corrected chi connectivity index (χ3v) is 4.17. The third-order valence-electron chi connectivity index (χ3n) is 4.17. The minimum absolute atomic E-state index is 0.255. The van der Waals surface area contributed by atoms with Gasteiger partial charge in [-0.3, -0.25) is 0 Å². The van der Waals surface area contributed by atoms with E-state index in [4.69, 9.17) is 4.52 Å². The first-order chi connectivity index (χ1) is 12.9. The number of aromatic nitrogens is 5. The van der Waals surface area contributed by atoms with Gasteiger partial charge in [-0.25, -0.2) is 13.9 Å². The molecule has 7 nitrogen and oxygen atoms in total. The van der Waals surface area contributed by atoms with E-state index in [2.05, 4.69) is 20.2 Å². The van der Waals surface area contributed by atoms with Crippen molar-refractivity contribution in [3.63, 3.8) is 0 Å². The zero-order chi connectivity index (χ0) is 19.1. The number of halogens is 1. The maximum atomic E-state index is 14.0. The highest BCUT2D eigenvalue weighted by molar-refractivity contribution is 5.60. The summed E-state index contributed by atoms with van der Waals surface area (Å²) in [5, 5.41) is 8.54. The Hall–Kier alpha value is -3.13. The summed E-state index contributed by atoms with van der Waals surface area (Å²) < 4.78 is 21.1. The van der Waals surface area contributed by atoms with Crippen molar-refractivity contribution >= 4 is 5.65 Å². The summed E-state index contributed by atoms with van der Waals surface area (Å²) in [7, 11) is 3.78. The quantitative estimate of drug-likeness (QED) is 0.552. The Morgan fingerprint density at radius 3 is 2.74 bits per heavy atom. The normalized spacial score (nSPS) is 11.6. The van der Waals surface area contributed by atoms with Gasteiger partial charge in [-0.05, 0) is 57.8 Å². The van der Waals surface area contributed by atoms with Gasteiger partial charge in [-0.15, -0.1) is 0 Å². The lowest BCUT2D eigenvalue weighted by Gasteiger charge is -2.11. The fraction of sp³-hybridized carbons (Fsp3) is 0.263. The Bertz CT molecular complexity index is 1130. The highest BCUT2D eigenvalue weighted by Gasteiger charge is 2.16. The number of nitrogens with zero attached hydrogens (tertiary/aromatic N) is 6. The van der Waals surface area contributed by atoms with Crippen LogP contribution in [0, 0.1) is 19.7 Å². The fourth-order valence-corrected chi connectivity index (χ4v) is 2.97. The van der Waals surface area contributed by atoms with E-state index in [0.717, 1.165) is 16.9 Å². The van der Waals surface area contributed by atoms with E-state index in [9.17, 15) is 4.39 Å². The number of hydrogen-bond donors (Lipinski definition) is 0. The summed E-state index contributed by atoms with van der Waals surface area (Å²) in [5.74, 6) is 0.445. The van der Waals surface area contributed by atoms with E-state index < -0.39 is 0 Å².